The van der Waals surface area contributed by atoms with Gasteiger partial charge >= 0.3 is 6.09 Å². The highest BCUT2D eigenvalue weighted by atomic mass is 32.2. The Hall–Kier alpha value is -2.84. The van der Waals surface area contributed by atoms with Crippen molar-refractivity contribution in [2.24, 2.45) is 0 Å². The van der Waals surface area contributed by atoms with Gasteiger partial charge in [-0.2, -0.15) is 0 Å². The average molecular weight is 331 g/mol. The Morgan fingerprint density at radius 3 is 2.61 bits per heavy atom. The molecule has 3 rings (SSSR count). The number of nitrogens with one attached hydrogen (secondary N) is 3. The molecule has 1 amide bonds. The molecule has 0 saturated heterocycles. The van der Waals surface area contributed by atoms with Crippen LogP contribution in [0.4, 0.5) is 4.79 Å². The van der Waals surface area contributed by atoms with E-state index in [1.54, 1.807) is 42.6 Å². The minimum Gasteiger partial charge on any atom is -0.409 e. The van der Waals surface area contributed by atoms with Crippen molar-refractivity contribution >= 4 is 27.0 Å². The minimum absolute atomic E-state index is 0.0362. The number of sulfonamides is 1. The van der Waals surface area contributed by atoms with Crippen molar-refractivity contribution in [1.82, 2.24) is 15.2 Å². The van der Waals surface area contributed by atoms with Crippen LogP contribution >= 0.6 is 0 Å². The highest BCUT2D eigenvalue weighted by molar-refractivity contribution is 7.89. The lowest BCUT2D eigenvalue weighted by Gasteiger charge is -2.09. The van der Waals surface area contributed by atoms with Crippen molar-refractivity contribution in [1.29, 1.82) is 0 Å². The molecule has 0 saturated carbocycles. The lowest BCUT2D eigenvalue weighted by molar-refractivity contribution is 0.198. The third-order valence-electron chi connectivity index (χ3n) is 3.08. The first kappa shape index (κ1) is 15.1. The molecule has 23 heavy (non-hydrogen) atoms. The number of aromatic nitrogens is 1. The van der Waals surface area contributed by atoms with Crippen LogP contribution in [-0.4, -0.2) is 19.5 Å². The summed E-state index contributed by atoms with van der Waals surface area (Å²) in [5, 5.41) is 0.875. The van der Waals surface area contributed by atoms with E-state index in [0.29, 0.717) is 5.75 Å². The molecule has 0 fully saturated rings. The summed E-state index contributed by atoms with van der Waals surface area (Å²) < 4.78 is 28.9. The van der Waals surface area contributed by atoms with Gasteiger partial charge in [0.1, 0.15) is 5.75 Å². The molecule has 0 aliphatic heterocycles. The van der Waals surface area contributed by atoms with E-state index in [0.717, 1.165) is 10.9 Å². The smallest absolute Gasteiger partial charge is 0.409 e. The van der Waals surface area contributed by atoms with E-state index in [1.165, 1.54) is 12.1 Å². The first-order chi connectivity index (χ1) is 11.0. The molecule has 118 valence electrons. The van der Waals surface area contributed by atoms with E-state index in [4.69, 9.17) is 4.74 Å². The highest BCUT2D eigenvalue weighted by Gasteiger charge is 2.15. The number of benzene rings is 2. The van der Waals surface area contributed by atoms with E-state index in [1.807, 2.05) is 16.3 Å². The molecule has 0 spiro atoms. The zero-order valence-electron chi connectivity index (χ0n) is 11.8. The summed E-state index contributed by atoms with van der Waals surface area (Å²) in [6, 6.07) is 14.5. The van der Waals surface area contributed by atoms with Crippen molar-refractivity contribution in [2.45, 2.75) is 4.90 Å². The topological polar surface area (TPSA) is 100 Å². The fourth-order valence-electron chi connectivity index (χ4n) is 1.99. The zero-order valence-corrected chi connectivity index (χ0v) is 12.6. The average Bonchev–Trinajstić information content (AvgIpc) is 3.02. The van der Waals surface area contributed by atoms with Gasteiger partial charge in [-0.3, -0.25) is 0 Å². The molecule has 0 radical (unpaired) electrons. The Bertz CT molecular complexity index is 936. The summed E-state index contributed by atoms with van der Waals surface area (Å²) in [6.45, 7) is 0. The fraction of sp³-hybridized carbons (Fsp3) is 0. The molecule has 3 aromatic rings. The van der Waals surface area contributed by atoms with Crippen LogP contribution in [0.25, 0.3) is 10.9 Å². The normalized spacial score (nSPS) is 11.3. The van der Waals surface area contributed by atoms with Crippen molar-refractivity contribution < 1.29 is 17.9 Å². The summed E-state index contributed by atoms with van der Waals surface area (Å²) >= 11 is 0. The van der Waals surface area contributed by atoms with E-state index in [-0.39, 0.29) is 4.90 Å². The Kier molecular flexibility index (Phi) is 4.00. The molecule has 0 aliphatic carbocycles. The Balaban J connectivity index is 1.63. The van der Waals surface area contributed by atoms with Crippen molar-refractivity contribution in [3.63, 3.8) is 0 Å². The standard InChI is InChI=1S/C15H13N3O4S/c19-15(17-18-23(20,21)13-4-2-1-3-5-13)22-12-6-7-14-11(10-12)8-9-16-14/h1-10,16,18H,(H,17,19). The first-order valence-electron chi connectivity index (χ1n) is 6.66. The predicted molar refractivity (Wildman–Crippen MR) is 84.2 cm³/mol. The molecule has 3 N–H and O–H groups in total. The largest absolute Gasteiger partial charge is 0.427 e. The van der Waals surface area contributed by atoms with Crippen LogP contribution in [0.1, 0.15) is 0 Å². The van der Waals surface area contributed by atoms with E-state index >= 15 is 0 Å². The minimum atomic E-state index is -3.84. The van der Waals surface area contributed by atoms with Gasteiger partial charge in [-0.25, -0.2) is 18.6 Å². The van der Waals surface area contributed by atoms with Gasteiger partial charge in [0.25, 0.3) is 10.0 Å². The SMILES string of the molecule is O=C(NNS(=O)(=O)c1ccccc1)Oc1ccc2[nH]ccc2c1. The first-order valence-corrected chi connectivity index (χ1v) is 8.15. The van der Waals surface area contributed by atoms with Crippen LogP contribution in [-0.2, 0) is 10.0 Å². The maximum Gasteiger partial charge on any atom is 0.427 e. The summed E-state index contributed by atoms with van der Waals surface area (Å²) in [5.41, 5.74) is 2.91. The Morgan fingerprint density at radius 1 is 1.04 bits per heavy atom. The molecular formula is C15H13N3O4S. The molecule has 0 unspecified atom stereocenters. The van der Waals surface area contributed by atoms with Crippen LogP contribution in [0.5, 0.6) is 5.75 Å². The van der Waals surface area contributed by atoms with Gasteiger partial charge in [-0.15, -0.1) is 4.83 Å². The number of ether oxygens (including phenoxy) is 1. The number of rotatable bonds is 4. The second kappa shape index (κ2) is 6.11. The monoisotopic (exact) mass is 331 g/mol. The number of hydrogen-bond donors (Lipinski definition) is 3. The van der Waals surface area contributed by atoms with Gasteiger partial charge in [0.05, 0.1) is 4.90 Å². The fourth-order valence-corrected chi connectivity index (χ4v) is 2.85. The number of hydrazine groups is 1. The van der Waals surface area contributed by atoms with E-state index < -0.39 is 16.1 Å². The Labute approximate surface area is 132 Å². The summed E-state index contributed by atoms with van der Waals surface area (Å²) in [4.78, 5) is 16.7. The van der Waals surface area contributed by atoms with E-state index in [9.17, 15) is 13.2 Å². The van der Waals surface area contributed by atoms with Gasteiger partial charge in [0, 0.05) is 17.1 Å². The van der Waals surface area contributed by atoms with Crippen LogP contribution < -0.4 is 15.0 Å². The Morgan fingerprint density at radius 2 is 1.83 bits per heavy atom. The molecule has 0 aliphatic rings. The van der Waals surface area contributed by atoms with Crippen LogP contribution in [0.2, 0.25) is 0 Å². The number of carbonyl (C=O) groups excluding carboxylic acids is 1. The molecule has 7 nitrogen and oxygen atoms in total. The molecule has 0 bridgehead atoms. The van der Waals surface area contributed by atoms with Gasteiger partial charge in [-0.1, -0.05) is 18.2 Å². The number of carbonyl (C=O) groups is 1. The maximum absolute atomic E-state index is 11.9. The van der Waals surface area contributed by atoms with Gasteiger partial charge in [-0.05, 0) is 36.4 Å². The summed E-state index contributed by atoms with van der Waals surface area (Å²) in [5.74, 6) is 0.300. The second-order valence-corrected chi connectivity index (χ2v) is 6.34. The van der Waals surface area contributed by atoms with Crippen molar-refractivity contribution in [3.05, 3.63) is 60.8 Å². The summed E-state index contributed by atoms with van der Waals surface area (Å²) in [6.07, 6.45) is 0.835. The molecule has 0 atom stereocenters. The van der Waals surface area contributed by atoms with Crippen LogP contribution in [0.3, 0.4) is 0 Å². The lowest BCUT2D eigenvalue weighted by Crippen LogP contribution is -2.42. The van der Waals surface area contributed by atoms with Crippen LogP contribution in [0.15, 0.2) is 65.7 Å². The highest BCUT2D eigenvalue weighted by Crippen LogP contribution is 2.19. The van der Waals surface area contributed by atoms with Crippen LogP contribution in [0, 0.1) is 0 Å². The number of H-pyrrole nitrogens is 1. The third-order valence-corrected chi connectivity index (χ3v) is 4.34. The molecular weight excluding hydrogens is 318 g/mol. The number of amides is 1. The van der Waals surface area contributed by atoms with Gasteiger partial charge in [0.15, 0.2) is 0 Å². The molecule has 2 aromatic carbocycles. The third kappa shape index (κ3) is 3.50. The van der Waals surface area contributed by atoms with Crippen molar-refractivity contribution in [2.75, 3.05) is 0 Å². The maximum atomic E-state index is 11.9. The predicted octanol–water partition coefficient (Wildman–Crippen LogP) is 2.15. The lowest BCUT2D eigenvalue weighted by atomic mass is 10.2. The number of aromatic amines is 1. The van der Waals surface area contributed by atoms with E-state index in [2.05, 4.69) is 4.98 Å². The molecule has 8 heteroatoms. The van der Waals surface area contributed by atoms with Crippen molar-refractivity contribution in [3.8, 4) is 5.75 Å². The molecule has 1 heterocycles. The summed E-state index contributed by atoms with van der Waals surface area (Å²) in [7, 11) is -3.84. The number of fused-ring (bicyclic) bond motifs is 1. The van der Waals surface area contributed by atoms with Gasteiger partial charge in [0.2, 0.25) is 0 Å². The molecule has 1 aromatic heterocycles. The zero-order chi connectivity index (χ0) is 16.3. The van der Waals surface area contributed by atoms with Gasteiger partial charge < -0.3 is 9.72 Å². The second-order valence-electron chi connectivity index (χ2n) is 4.66. The quantitative estimate of drug-likeness (QED) is 0.638. The number of hydrogen-bond acceptors (Lipinski definition) is 4.